The van der Waals surface area contributed by atoms with E-state index >= 15 is 0 Å². The zero-order valence-corrected chi connectivity index (χ0v) is 14.3. The Morgan fingerprint density at radius 3 is 2.29 bits per heavy atom. The second-order valence-corrected chi connectivity index (χ2v) is 6.46. The summed E-state index contributed by atoms with van der Waals surface area (Å²) < 4.78 is 5.13. The second-order valence-electron chi connectivity index (χ2n) is 6.46. The first-order valence-corrected chi connectivity index (χ1v) is 8.77. The van der Waals surface area contributed by atoms with Crippen molar-refractivity contribution < 1.29 is 9.53 Å². The maximum absolute atomic E-state index is 12.3. The number of ether oxygens (including phenoxy) is 1. The molecule has 0 spiro atoms. The van der Waals surface area contributed by atoms with Crippen LogP contribution in [-0.2, 0) is 0 Å². The summed E-state index contributed by atoms with van der Waals surface area (Å²) in [4.78, 5) is 12.3. The van der Waals surface area contributed by atoms with Crippen molar-refractivity contribution in [1.82, 2.24) is 0 Å². The van der Waals surface area contributed by atoms with Crippen LogP contribution in [0.5, 0.6) is 5.75 Å². The first-order valence-electron chi connectivity index (χ1n) is 8.77. The van der Waals surface area contributed by atoms with Crippen LogP contribution in [-0.4, -0.2) is 19.4 Å². The number of rotatable bonds is 6. The average Bonchev–Trinajstić information content (AvgIpc) is 2.67. The molecule has 0 bridgehead atoms. The Morgan fingerprint density at radius 1 is 1.00 bits per heavy atom. The van der Waals surface area contributed by atoms with Gasteiger partial charge in [0.1, 0.15) is 5.75 Å². The molecule has 0 aromatic heterocycles. The molecule has 1 N–H and O–H groups in total. The van der Waals surface area contributed by atoms with Gasteiger partial charge in [0.05, 0.1) is 13.7 Å². The molecule has 1 fully saturated rings. The van der Waals surface area contributed by atoms with E-state index in [-0.39, 0.29) is 5.78 Å². The number of Topliss-reactive ketones (excluding diaryl/α,β-unsaturated/α-hetero) is 1. The monoisotopic (exact) mass is 323 g/mol. The molecule has 0 radical (unpaired) electrons. The van der Waals surface area contributed by atoms with Crippen molar-refractivity contribution in [2.45, 2.75) is 38.0 Å². The minimum absolute atomic E-state index is 0.112. The third kappa shape index (κ3) is 4.16. The van der Waals surface area contributed by atoms with Crippen molar-refractivity contribution in [2.75, 3.05) is 19.0 Å². The van der Waals surface area contributed by atoms with E-state index in [9.17, 15) is 4.79 Å². The Balaban J connectivity index is 1.56. The molecular weight excluding hydrogens is 298 g/mol. The van der Waals surface area contributed by atoms with E-state index in [1.54, 1.807) is 7.11 Å². The third-order valence-corrected chi connectivity index (χ3v) is 4.85. The fourth-order valence-electron chi connectivity index (χ4n) is 3.37. The van der Waals surface area contributed by atoms with Crippen LogP contribution in [0.3, 0.4) is 0 Å². The van der Waals surface area contributed by atoms with Crippen molar-refractivity contribution in [1.29, 1.82) is 0 Å². The largest absolute Gasteiger partial charge is 0.497 e. The van der Waals surface area contributed by atoms with E-state index in [1.165, 1.54) is 37.7 Å². The molecule has 2 aromatic carbocycles. The fourth-order valence-corrected chi connectivity index (χ4v) is 3.37. The number of benzene rings is 2. The normalized spacial score (nSPS) is 15.0. The number of carbonyl (C=O) groups is 1. The fraction of sp³-hybridized carbons (Fsp3) is 0.381. The Morgan fingerprint density at radius 2 is 1.67 bits per heavy atom. The molecule has 2 aromatic rings. The number of hydrogen-bond donors (Lipinski definition) is 1. The molecule has 3 rings (SSSR count). The van der Waals surface area contributed by atoms with Crippen molar-refractivity contribution in [3.05, 3.63) is 59.7 Å². The lowest BCUT2D eigenvalue weighted by Gasteiger charge is -2.22. The summed E-state index contributed by atoms with van der Waals surface area (Å²) in [5, 5.41) is 3.17. The topological polar surface area (TPSA) is 38.3 Å². The number of methoxy groups -OCH3 is 1. The van der Waals surface area contributed by atoms with Crippen molar-refractivity contribution >= 4 is 11.5 Å². The molecule has 24 heavy (non-hydrogen) atoms. The molecule has 0 unspecified atom stereocenters. The van der Waals surface area contributed by atoms with Gasteiger partial charge in [-0.15, -0.1) is 0 Å². The summed E-state index contributed by atoms with van der Waals surface area (Å²) in [6.45, 7) is 0.301. The summed E-state index contributed by atoms with van der Waals surface area (Å²) in [6.07, 6.45) is 6.59. The molecule has 1 saturated carbocycles. The van der Waals surface area contributed by atoms with Crippen molar-refractivity contribution in [2.24, 2.45) is 0 Å². The smallest absolute Gasteiger partial charge is 0.181 e. The Labute approximate surface area is 144 Å². The summed E-state index contributed by atoms with van der Waals surface area (Å²) in [5.74, 6) is 1.60. The van der Waals surface area contributed by atoms with E-state index in [2.05, 4.69) is 17.4 Å². The van der Waals surface area contributed by atoms with Crippen LogP contribution >= 0.6 is 0 Å². The molecule has 126 valence electrons. The van der Waals surface area contributed by atoms with Crippen molar-refractivity contribution in [3.63, 3.8) is 0 Å². The molecule has 0 saturated heterocycles. The molecule has 0 amide bonds. The van der Waals surface area contributed by atoms with Crippen LogP contribution in [0.2, 0.25) is 0 Å². The molecule has 0 aliphatic heterocycles. The number of carbonyl (C=O) groups excluding carboxylic acids is 1. The molecule has 0 atom stereocenters. The van der Waals surface area contributed by atoms with Crippen LogP contribution in [0.4, 0.5) is 5.69 Å². The van der Waals surface area contributed by atoms with Crippen LogP contribution in [0.1, 0.15) is 53.9 Å². The van der Waals surface area contributed by atoms with E-state index in [1.807, 2.05) is 36.4 Å². The highest BCUT2D eigenvalue weighted by atomic mass is 16.5. The van der Waals surface area contributed by atoms with E-state index in [0.717, 1.165) is 17.0 Å². The van der Waals surface area contributed by atoms with Gasteiger partial charge in [0.15, 0.2) is 5.78 Å². The van der Waals surface area contributed by atoms with Gasteiger partial charge in [-0.2, -0.15) is 0 Å². The highest BCUT2D eigenvalue weighted by Crippen LogP contribution is 2.32. The van der Waals surface area contributed by atoms with Gasteiger partial charge in [-0.05, 0) is 48.6 Å². The standard InChI is InChI=1S/C21H25NO2/c1-24-20-13-11-19(12-14-20)22-15-21(23)18-9-7-17(8-10-18)16-5-3-2-4-6-16/h7-14,16,22H,2-6,15H2,1H3. The molecule has 1 aliphatic rings. The van der Waals surface area contributed by atoms with Gasteiger partial charge < -0.3 is 10.1 Å². The molecule has 1 aliphatic carbocycles. The van der Waals surface area contributed by atoms with E-state index in [0.29, 0.717) is 12.5 Å². The summed E-state index contributed by atoms with van der Waals surface area (Å²) >= 11 is 0. The molecule has 3 nitrogen and oxygen atoms in total. The molecular formula is C21H25NO2. The van der Waals surface area contributed by atoms with Gasteiger partial charge in [0, 0.05) is 11.3 Å². The highest BCUT2D eigenvalue weighted by Gasteiger charge is 2.15. The van der Waals surface area contributed by atoms with Gasteiger partial charge in [-0.1, -0.05) is 43.5 Å². The molecule has 3 heteroatoms. The number of ketones is 1. The zero-order chi connectivity index (χ0) is 16.8. The van der Waals surface area contributed by atoms with Crippen LogP contribution in [0.25, 0.3) is 0 Å². The average molecular weight is 323 g/mol. The maximum Gasteiger partial charge on any atom is 0.181 e. The first-order chi connectivity index (χ1) is 11.8. The lowest BCUT2D eigenvalue weighted by atomic mass is 9.84. The quantitative estimate of drug-likeness (QED) is 0.757. The minimum Gasteiger partial charge on any atom is -0.497 e. The highest BCUT2D eigenvalue weighted by molar-refractivity contribution is 5.99. The van der Waals surface area contributed by atoms with Crippen LogP contribution in [0.15, 0.2) is 48.5 Å². The Hall–Kier alpha value is -2.29. The van der Waals surface area contributed by atoms with Gasteiger partial charge in [0.25, 0.3) is 0 Å². The van der Waals surface area contributed by atoms with Crippen molar-refractivity contribution in [3.8, 4) is 5.75 Å². The number of hydrogen-bond acceptors (Lipinski definition) is 3. The SMILES string of the molecule is COc1ccc(NCC(=O)c2ccc(C3CCCCC3)cc2)cc1. The zero-order valence-electron chi connectivity index (χ0n) is 14.3. The summed E-state index contributed by atoms with van der Waals surface area (Å²) in [6, 6.07) is 15.8. The first kappa shape index (κ1) is 16.6. The Kier molecular flexibility index (Phi) is 5.52. The van der Waals surface area contributed by atoms with Gasteiger partial charge in [-0.3, -0.25) is 4.79 Å². The summed E-state index contributed by atoms with van der Waals surface area (Å²) in [5.41, 5.74) is 3.08. The predicted octanol–water partition coefficient (Wildman–Crippen LogP) is 5.04. The minimum atomic E-state index is 0.112. The second kappa shape index (κ2) is 8.00. The lowest BCUT2D eigenvalue weighted by Crippen LogP contribution is -2.14. The van der Waals surface area contributed by atoms with E-state index in [4.69, 9.17) is 4.74 Å². The van der Waals surface area contributed by atoms with Gasteiger partial charge >= 0.3 is 0 Å². The van der Waals surface area contributed by atoms with Gasteiger partial charge in [0.2, 0.25) is 0 Å². The van der Waals surface area contributed by atoms with E-state index < -0.39 is 0 Å². The van der Waals surface area contributed by atoms with Crippen LogP contribution < -0.4 is 10.1 Å². The number of anilines is 1. The number of nitrogens with one attached hydrogen (secondary N) is 1. The summed E-state index contributed by atoms with van der Waals surface area (Å²) in [7, 11) is 1.64. The lowest BCUT2D eigenvalue weighted by molar-refractivity contribution is 0.101. The predicted molar refractivity (Wildman–Crippen MR) is 98.1 cm³/mol. The molecule has 0 heterocycles. The Bertz CT molecular complexity index is 655. The maximum atomic E-state index is 12.3. The van der Waals surface area contributed by atoms with Gasteiger partial charge in [-0.25, -0.2) is 0 Å². The van der Waals surface area contributed by atoms with Crippen LogP contribution in [0, 0.1) is 0 Å². The third-order valence-electron chi connectivity index (χ3n) is 4.85.